The maximum absolute atomic E-state index is 14.6. The van der Waals surface area contributed by atoms with Gasteiger partial charge in [0.2, 0.25) is 0 Å². The monoisotopic (exact) mass is 450 g/mol. The van der Waals surface area contributed by atoms with Gasteiger partial charge in [-0.05, 0) is 24.8 Å². The molecule has 2 fully saturated rings. The number of halogens is 2. The summed E-state index contributed by atoms with van der Waals surface area (Å²) in [5.41, 5.74) is 0.268. The van der Waals surface area contributed by atoms with Gasteiger partial charge in [-0.25, -0.2) is 19.3 Å². The predicted octanol–water partition coefficient (Wildman–Crippen LogP) is 2.10. The molecule has 0 radical (unpaired) electrons. The van der Waals surface area contributed by atoms with E-state index < -0.39 is 11.9 Å². The lowest BCUT2D eigenvalue weighted by Crippen LogP contribution is -2.45. The topological polar surface area (TPSA) is 110 Å². The van der Waals surface area contributed by atoms with Gasteiger partial charge in [-0.1, -0.05) is 11.6 Å². The molecule has 166 valence electrons. The summed E-state index contributed by atoms with van der Waals surface area (Å²) in [5.74, 6) is 0.168. The van der Waals surface area contributed by atoms with Crippen molar-refractivity contribution in [2.45, 2.75) is 18.9 Å². The first kappa shape index (κ1) is 21.8. The molecule has 1 atom stereocenters. The number of morpholine rings is 1. The van der Waals surface area contributed by atoms with Crippen LogP contribution < -0.4 is 16.0 Å². The second-order valence-corrected chi connectivity index (χ2v) is 7.79. The van der Waals surface area contributed by atoms with E-state index in [2.05, 4.69) is 30.9 Å². The Balaban J connectivity index is 1.49. The number of aromatic nitrogens is 3. The lowest BCUT2D eigenvalue weighted by atomic mass is 10.0. The zero-order chi connectivity index (χ0) is 21.6. The number of nitrogens with zero attached hydrogens (tertiary/aromatic N) is 3. The van der Waals surface area contributed by atoms with Crippen molar-refractivity contribution in [3.63, 3.8) is 0 Å². The molecule has 4 rings (SSSR count). The highest BCUT2D eigenvalue weighted by atomic mass is 35.5. The van der Waals surface area contributed by atoms with Crippen LogP contribution in [-0.4, -0.2) is 66.4 Å². The van der Waals surface area contributed by atoms with Gasteiger partial charge >= 0.3 is 0 Å². The third-order valence-electron chi connectivity index (χ3n) is 5.22. The molecule has 2 saturated heterocycles. The molecular weight excluding hydrogens is 427 g/mol. The SMILES string of the molecule is O=C(Nc1cc(-c2nc(NCC3CCOCC3)cnc2Cl)c(F)cn1)[C@H]1CNCCO1. The molecule has 0 bridgehead atoms. The second-order valence-electron chi connectivity index (χ2n) is 7.43. The van der Waals surface area contributed by atoms with Crippen LogP contribution in [0, 0.1) is 11.7 Å². The molecule has 1 amide bonds. The molecule has 9 nitrogen and oxygen atoms in total. The highest BCUT2D eigenvalue weighted by Gasteiger charge is 2.23. The summed E-state index contributed by atoms with van der Waals surface area (Å²) >= 11 is 6.21. The number of carbonyl (C=O) groups is 1. The fourth-order valence-electron chi connectivity index (χ4n) is 3.46. The summed E-state index contributed by atoms with van der Waals surface area (Å²) in [6.07, 6.45) is 3.85. The van der Waals surface area contributed by atoms with Crippen LogP contribution in [0.15, 0.2) is 18.5 Å². The van der Waals surface area contributed by atoms with Gasteiger partial charge < -0.3 is 25.4 Å². The number of ether oxygens (including phenoxy) is 2. The third-order valence-corrected chi connectivity index (χ3v) is 5.50. The molecule has 4 heterocycles. The van der Waals surface area contributed by atoms with Crippen LogP contribution in [0.25, 0.3) is 11.3 Å². The Labute approximate surface area is 184 Å². The molecule has 31 heavy (non-hydrogen) atoms. The minimum Gasteiger partial charge on any atom is -0.381 e. The second kappa shape index (κ2) is 10.3. The summed E-state index contributed by atoms with van der Waals surface area (Å²) < 4.78 is 25.4. The van der Waals surface area contributed by atoms with E-state index in [0.29, 0.717) is 38.0 Å². The van der Waals surface area contributed by atoms with Gasteiger partial charge in [0.15, 0.2) is 11.0 Å². The minimum absolute atomic E-state index is 0.0545. The molecule has 2 aliphatic rings. The minimum atomic E-state index is -0.634. The van der Waals surface area contributed by atoms with Crippen molar-refractivity contribution in [3.8, 4) is 11.3 Å². The Hall–Kier alpha value is -2.40. The van der Waals surface area contributed by atoms with E-state index >= 15 is 0 Å². The summed E-state index contributed by atoms with van der Waals surface area (Å²) in [6.45, 7) is 3.76. The van der Waals surface area contributed by atoms with Gasteiger partial charge in [0.05, 0.1) is 19.0 Å². The Kier molecular flexibility index (Phi) is 7.23. The summed E-state index contributed by atoms with van der Waals surface area (Å²) in [7, 11) is 0. The average molecular weight is 451 g/mol. The lowest BCUT2D eigenvalue weighted by Gasteiger charge is -2.22. The Morgan fingerprint density at radius 2 is 2.06 bits per heavy atom. The summed E-state index contributed by atoms with van der Waals surface area (Å²) in [5, 5.41) is 9.03. The lowest BCUT2D eigenvalue weighted by molar-refractivity contribution is -0.128. The number of carbonyl (C=O) groups excluding carboxylic acids is 1. The van der Waals surface area contributed by atoms with Crippen LogP contribution in [0.1, 0.15) is 12.8 Å². The van der Waals surface area contributed by atoms with E-state index in [-0.39, 0.29) is 28.1 Å². The quantitative estimate of drug-likeness (QED) is 0.613. The number of amides is 1. The average Bonchev–Trinajstić information content (AvgIpc) is 2.81. The standard InChI is InChI=1S/C20H24ClFN6O3/c21-19-18(27-17(11-26-19)24-8-12-1-4-30-5-2-12)13-7-16(25-9-14(13)22)28-20(29)15-10-23-3-6-31-15/h7,9,11-12,15,23H,1-6,8,10H2,(H,24,27)(H,25,28,29)/t15-/m1/s1. The van der Waals surface area contributed by atoms with Crippen molar-refractivity contribution >= 4 is 29.1 Å². The first-order chi connectivity index (χ1) is 15.1. The van der Waals surface area contributed by atoms with Crippen molar-refractivity contribution in [2.75, 3.05) is 50.1 Å². The van der Waals surface area contributed by atoms with Crippen molar-refractivity contribution in [2.24, 2.45) is 5.92 Å². The van der Waals surface area contributed by atoms with E-state index in [9.17, 15) is 9.18 Å². The van der Waals surface area contributed by atoms with E-state index in [4.69, 9.17) is 21.1 Å². The Morgan fingerprint density at radius 1 is 1.23 bits per heavy atom. The van der Waals surface area contributed by atoms with Crippen LogP contribution in [0.3, 0.4) is 0 Å². The maximum Gasteiger partial charge on any atom is 0.255 e. The molecule has 2 aliphatic heterocycles. The van der Waals surface area contributed by atoms with Gasteiger partial charge in [0.25, 0.3) is 5.91 Å². The largest absolute Gasteiger partial charge is 0.381 e. The van der Waals surface area contributed by atoms with Crippen LogP contribution in [0.5, 0.6) is 0 Å². The van der Waals surface area contributed by atoms with Crippen molar-refractivity contribution < 1.29 is 18.7 Å². The first-order valence-electron chi connectivity index (χ1n) is 10.2. The van der Waals surface area contributed by atoms with E-state index in [1.54, 1.807) is 0 Å². The third kappa shape index (κ3) is 5.65. The van der Waals surface area contributed by atoms with E-state index in [1.165, 1.54) is 12.3 Å². The maximum atomic E-state index is 14.6. The van der Waals surface area contributed by atoms with Crippen LogP contribution in [0.4, 0.5) is 16.0 Å². The van der Waals surface area contributed by atoms with Crippen LogP contribution in [-0.2, 0) is 14.3 Å². The van der Waals surface area contributed by atoms with Gasteiger partial charge in [-0.3, -0.25) is 4.79 Å². The molecule has 0 aromatic carbocycles. The molecule has 11 heteroatoms. The zero-order valence-electron chi connectivity index (χ0n) is 16.9. The predicted molar refractivity (Wildman–Crippen MR) is 114 cm³/mol. The molecule has 0 aliphatic carbocycles. The number of rotatable bonds is 6. The van der Waals surface area contributed by atoms with Gasteiger partial charge in [0.1, 0.15) is 23.4 Å². The molecule has 0 spiro atoms. The fourth-order valence-corrected chi connectivity index (χ4v) is 3.65. The van der Waals surface area contributed by atoms with E-state index in [1.807, 2.05) is 0 Å². The van der Waals surface area contributed by atoms with E-state index in [0.717, 1.165) is 32.3 Å². The fraction of sp³-hybridized carbons (Fsp3) is 0.500. The molecule has 2 aromatic rings. The number of pyridine rings is 1. The Morgan fingerprint density at radius 3 is 2.84 bits per heavy atom. The number of anilines is 2. The first-order valence-corrected chi connectivity index (χ1v) is 10.6. The van der Waals surface area contributed by atoms with Gasteiger partial charge in [0, 0.05) is 38.4 Å². The van der Waals surface area contributed by atoms with Gasteiger partial charge in [-0.15, -0.1) is 0 Å². The molecule has 3 N–H and O–H groups in total. The molecule has 0 unspecified atom stereocenters. The molecule has 0 saturated carbocycles. The Bertz CT molecular complexity index is 922. The van der Waals surface area contributed by atoms with Crippen molar-refractivity contribution in [3.05, 3.63) is 29.4 Å². The van der Waals surface area contributed by atoms with Gasteiger partial charge in [-0.2, -0.15) is 0 Å². The molecule has 2 aromatic heterocycles. The zero-order valence-corrected chi connectivity index (χ0v) is 17.6. The highest BCUT2D eigenvalue weighted by molar-refractivity contribution is 6.31. The van der Waals surface area contributed by atoms with Crippen LogP contribution in [0.2, 0.25) is 5.15 Å². The summed E-state index contributed by atoms with van der Waals surface area (Å²) in [4.78, 5) is 24.9. The molecular formula is C20H24ClFN6O3. The number of hydrogen-bond donors (Lipinski definition) is 3. The number of hydrogen-bond acceptors (Lipinski definition) is 8. The summed E-state index contributed by atoms with van der Waals surface area (Å²) in [6, 6.07) is 1.39. The van der Waals surface area contributed by atoms with Crippen molar-refractivity contribution in [1.29, 1.82) is 0 Å². The van der Waals surface area contributed by atoms with Crippen LogP contribution >= 0.6 is 11.6 Å². The highest BCUT2D eigenvalue weighted by Crippen LogP contribution is 2.29. The van der Waals surface area contributed by atoms with Crippen molar-refractivity contribution in [1.82, 2.24) is 20.3 Å². The normalized spacial score (nSPS) is 19.7. The smallest absolute Gasteiger partial charge is 0.255 e. The number of nitrogens with one attached hydrogen (secondary N) is 3.